The molecule has 1 aromatic rings. The first-order valence-corrected chi connectivity index (χ1v) is 15.6. The van der Waals surface area contributed by atoms with E-state index >= 15 is 0 Å². The molecule has 0 amide bonds. The van der Waals surface area contributed by atoms with E-state index in [1.807, 2.05) is 71.3 Å². The quantitative estimate of drug-likeness (QED) is 0.168. The van der Waals surface area contributed by atoms with Gasteiger partial charge < -0.3 is 9.47 Å². The Balaban J connectivity index is 1.94. The third kappa shape index (κ3) is 16.7. The van der Waals surface area contributed by atoms with Crippen molar-refractivity contribution in [3.63, 3.8) is 0 Å². The fourth-order valence-corrected chi connectivity index (χ4v) is 6.49. The standard InChI is InChI=1S/C20H34O2S6/c23-9-13-27-17-15-25-11-1-7-21-19-3-5-20(6-4-19)22-8-2-12-26-16-18-28-14-10-24/h3-6,23-24H,1-2,7-18H2. The lowest BCUT2D eigenvalue weighted by molar-refractivity contribution is 0.310. The first-order chi connectivity index (χ1) is 13.9. The third-order valence-electron chi connectivity index (χ3n) is 3.44. The van der Waals surface area contributed by atoms with Gasteiger partial charge in [-0.15, -0.1) is 0 Å². The highest BCUT2D eigenvalue weighted by atomic mass is 32.2. The predicted molar refractivity (Wildman–Crippen MR) is 144 cm³/mol. The summed E-state index contributed by atoms with van der Waals surface area (Å²) in [5.74, 6) is 13.3. The lowest BCUT2D eigenvalue weighted by Crippen LogP contribution is -2.01. The first kappa shape index (κ1) is 27.0. The van der Waals surface area contributed by atoms with E-state index in [1.165, 1.54) is 23.0 Å². The zero-order chi connectivity index (χ0) is 20.1. The molecule has 0 unspecified atom stereocenters. The molecule has 0 aliphatic heterocycles. The second-order valence-corrected chi connectivity index (χ2v) is 11.6. The molecule has 8 heteroatoms. The van der Waals surface area contributed by atoms with Crippen molar-refractivity contribution in [2.45, 2.75) is 12.8 Å². The Bertz CT molecular complexity index is 406. The summed E-state index contributed by atoms with van der Waals surface area (Å²) in [7, 11) is 0. The van der Waals surface area contributed by atoms with Gasteiger partial charge in [-0.3, -0.25) is 0 Å². The molecule has 0 aliphatic rings. The van der Waals surface area contributed by atoms with Gasteiger partial charge in [0.25, 0.3) is 0 Å². The summed E-state index contributed by atoms with van der Waals surface area (Å²) in [6.45, 7) is 1.56. The third-order valence-corrected chi connectivity index (χ3v) is 9.12. The molecule has 0 aromatic heterocycles. The molecule has 0 N–H and O–H groups in total. The summed E-state index contributed by atoms with van der Waals surface area (Å²) >= 11 is 16.4. The molecular weight excluding hydrogens is 465 g/mol. The molecule has 0 heterocycles. The Morgan fingerprint density at radius 2 is 0.893 bits per heavy atom. The average molecular weight is 499 g/mol. The molecule has 162 valence electrons. The highest BCUT2D eigenvalue weighted by Gasteiger charge is 1.98. The van der Waals surface area contributed by atoms with Gasteiger partial charge in [-0.25, -0.2) is 0 Å². The van der Waals surface area contributed by atoms with Crippen molar-refractivity contribution in [1.82, 2.24) is 0 Å². The molecule has 1 rings (SSSR count). The van der Waals surface area contributed by atoms with Crippen LogP contribution < -0.4 is 9.47 Å². The Kier molecular flexibility index (Phi) is 20.4. The summed E-state index contributed by atoms with van der Waals surface area (Å²) in [4.78, 5) is 0. The number of hydrogen-bond acceptors (Lipinski definition) is 8. The first-order valence-electron chi connectivity index (χ1n) is 9.75. The molecule has 0 saturated heterocycles. The van der Waals surface area contributed by atoms with Crippen molar-refractivity contribution in [3.05, 3.63) is 24.3 Å². The smallest absolute Gasteiger partial charge is 0.119 e. The molecule has 0 aliphatic carbocycles. The fraction of sp³-hybridized carbons (Fsp3) is 0.700. The Labute approximate surface area is 200 Å². The van der Waals surface area contributed by atoms with Gasteiger partial charge in [0.05, 0.1) is 13.2 Å². The Morgan fingerprint density at radius 3 is 1.25 bits per heavy atom. The molecule has 0 saturated carbocycles. The van der Waals surface area contributed by atoms with Gasteiger partial charge in [-0.05, 0) is 60.1 Å². The van der Waals surface area contributed by atoms with Crippen LogP contribution >= 0.6 is 72.3 Å². The van der Waals surface area contributed by atoms with Crippen molar-refractivity contribution in [3.8, 4) is 11.5 Å². The highest BCUT2D eigenvalue weighted by molar-refractivity contribution is 8.03. The van der Waals surface area contributed by atoms with Crippen LogP contribution in [0, 0.1) is 0 Å². The minimum Gasteiger partial charge on any atom is -0.494 e. The van der Waals surface area contributed by atoms with Gasteiger partial charge in [0.1, 0.15) is 11.5 Å². The second kappa shape index (κ2) is 21.2. The van der Waals surface area contributed by atoms with Crippen molar-refractivity contribution >= 4 is 72.3 Å². The van der Waals surface area contributed by atoms with Gasteiger partial charge in [0.2, 0.25) is 0 Å². The second-order valence-electron chi connectivity index (χ2n) is 5.77. The molecule has 0 bridgehead atoms. The zero-order valence-corrected chi connectivity index (χ0v) is 21.6. The summed E-state index contributed by atoms with van der Waals surface area (Å²) < 4.78 is 11.6. The molecule has 0 atom stereocenters. The van der Waals surface area contributed by atoms with Gasteiger partial charge in [-0.2, -0.15) is 72.3 Å². The minimum atomic E-state index is 0.778. The molecular formula is C20H34O2S6. The number of ether oxygens (including phenoxy) is 2. The fourth-order valence-electron chi connectivity index (χ4n) is 2.11. The van der Waals surface area contributed by atoms with E-state index in [4.69, 9.17) is 9.47 Å². The summed E-state index contributed by atoms with van der Waals surface area (Å²) in [6.07, 6.45) is 2.18. The number of thiol groups is 2. The molecule has 0 radical (unpaired) electrons. The SMILES string of the molecule is SCCSCCSCCCOc1ccc(OCCCSCCSCCS)cc1. The number of thioether (sulfide) groups is 4. The molecule has 0 spiro atoms. The number of rotatable bonds is 20. The van der Waals surface area contributed by atoms with Crippen LogP contribution in [0.3, 0.4) is 0 Å². The number of benzene rings is 1. The van der Waals surface area contributed by atoms with E-state index in [0.29, 0.717) is 0 Å². The maximum atomic E-state index is 5.81. The van der Waals surface area contributed by atoms with Gasteiger partial charge in [0.15, 0.2) is 0 Å². The van der Waals surface area contributed by atoms with E-state index in [2.05, 4.69) is 25.3 Å². The lowest BCUT2D eigenvalue weighted by Gasteiger charge is -2.09. The van der Waals surface area contributed by atoms with Crippen molar-refractivity contribution in [2.75, 3.05) is 70.7 Å². The number of hydrogen-bond donors (Lipinski definition) is 2. The normalized spacial score (nSPS) is 10.9. The van der Waals surface area contributed by atoms with Crippen LogP contribution in [0.2, 0.25) is 0 Å². The Morgan fingerprint density at radius 1 is 0.536 bits per heavy atom. The lowest BCUT2D eigenvalue weighted by atomic mass is 10.3. The monoisotopic (exact) mass is 498 g/mol. The van der Waals surface area contributed by atoms with E-state index in [-0.39, 0.29) is 0 Å². The van der Waals surface area contributed by atoms with Gasteiger partial charge in [0, 0.05) is 34.5 Å². The van der Waals surface area contributed by atoms with Crippen LogP contribution in [-0.4, -0.2) is 70.7 Å². The van der Waals surface area contributed by atoms with Crippen molar-refractivity contribution in [2.24, 2.45) is 0 Å². The van der Waals surface area contributed by atoms with Crippen LogP contribution in [0.4, 0.5) is 0 Å². The summed E-state index contributed by atoms with van der Waals surface area (Å²) in [5.41, 5.74) is 0. The maximum Gasteiger partial charge on any atom is 0.119 e. The highest BCUT2D eigenvalue weighted by Crippen LogP contribution is 2.18. The van der Waals surface area contributed by atoms with Crippen LogP contribution in [-0.2, 0) is 0 Å². The zero-order valence-electron chi connectivity index (χ0n) is 16.6. The maximum absolute atomic E-state index is 5.81. The largest absolute Gasteiger partial charge is 0.494 e. The topological polar surface area (TPSA) is 18.5 Å². The van der Waals surface area contributed by atoms with Gasteiger partial charge >= 0.3 is 0 Å². The molecule has 0 fully saturated rings. The van der Waals surface area contributed by atoms with E-state index in [1.54, 1.807) is 0 Å². The van der Waals surface area contributed by atoms with Crippen molar-refractivity contribution in [1.29, 1.82) is 0 Å². The van der Waals surface area contributed by atoms with E-state index in [9.17, 15) is 0 Å². The molecule has 28 heavy (non-hydrogen) atoms. The minimum absolute atomic E-state index is 0.778. The molecule has 2 nitrogen and oxygen atoms in total. The van der Waals surface area contributed by atoms with E-state index in [0.717, 1.165) is 72.1 Å². The predicted octanol–water partition coefficient (Wildman–Crippen LogP) is 6.02. The Hall–Kier alpha value is 0.920. The van der Waals surface area contributed by atoms with Crippen molar-refractivity contribution < 1.29 is 9.47 Å². The van der Waals surface area contributed by atoms with E-state index < -0.39 is 0 Å². The van der Waals surface area contributed by atoms with Crippen LogP contribution in [0.5, 0.6) is 11.5 Å². The van der Waals surface area contributed by atoms with Crippen LogP contribution in [0.25, 0.3) is 0 Å². The van der Waals surface area contributed by atoms with Gasteiger partial charge in [-0.1, -0.05) is 0 Å². The summed E-state index contributed by atoms with van der Waals surface area (Å²) in [6, 6.07) is 8.02. The summed E-state index contributed by atoms with van der Waals surface area (Å²) in [5, 5.41) is 0. The average Bonchev–Trinajstić information content (AvgIpc) is 2.72. The van der Waals surface area contributed by atoms with Crippen LogP contribution in [0.1, 0.15) is 12.8 Å². The van der Waals surface area contributed by atoms with Crippen LogP contribution in [0.15, 0.2) is 24.3 Å². The molecule has 1 aromatic carbocycles.